The third-order valence-corrected chi connectivity index (χ3v) is 1.45. The van der Waals surface area contributed by atoms with E-state index in [9.17, 15) is 9.59 Å². The molecule has 0 aliphatic heterocycles. The number of carbonyl (C=O) groups excluding carboxylic acids is 2. The summed E-state index contributed by atoms with van der Waals surface area (Å²) in [4.78, 5) is 20.8. The first-order chi connectivity index (χ1) is 11.0. The van der Waals surface area contributed by atoms with Crippen molar-refractivity contribution in [1.82, 2.24) is 5.32 Å². The fourth-order valence-electron chi connectivity index (χ4n) is 0.687. The van der Waals surface area contributed by atoms with E-state index in [1.54, 1.807) is 34.5 Å². The van der Waals surface area contributed by atoms with Crippen LogP contribution in [0.1, 0.15) is 20.3 Å². The zero-order valence-electron chi connectivity index (χ0n) is 13.7. The van der Waals surface area contributed by atoms with E-state index in [-0.39, 0.29) is 74.9 Å². The van der Waals surface area contributed by atoms with Gasteiger partial charge in [0.05, 0.1) is 25.2 Å². The molecule has 0 unspecified atom stereocenters. The van der Waals surface area contributed by atoms with Crippen molar-refractivity contribution in [3.05, 3.63) is 5.32 Å². The van der Waals surface area contributed by atoms with Crippen LogP contribution in [0.5, 0.6) is 0 Å². The smallest absolute Gasteiger partial charge is 1.00 e. The molecule has 0 aliphatic carbocycles. The van der Waals surface area contributed by atoms with Crippen LogP contribution in [0.15, 0.2) is 0 Å². The molecule has 0 bridgehead atoms. The second-order valence-electron chi connectivity index (χ2n) is 3.03. The van der Waals surface area contributed by atoms with Crippen molar-refractivity contribution in [2.24, 2.45) is 0 Å². The van der Waals surface area contributed by atoms with Crippen LogP contribution in [0.4, 0.5) is 0 Å². The van der Waals surface area contributed by atoms with Crippen LogP contribution in [0.2, 0.25) is 0 Å². The summed E-state index contributed by atoms with van der Waals surface area (Å²) >= 11 is 1.65. The van der Waals surface area contributed by atoms with Crippen LogP contribution in [0.3, 0.4) is 0 Å². The fraction of sp³-hybridized carbons (Fsp3) is 0.500. The molecule has 26 heavy (non-hydrogen) atoms. The molecule has 0 atom stereocenters. The van der Waals surface area contributed by atoms with Crippen LogP contribution in [0, 0.1) is 34.1 Å². The van der Waals surface area contributed by atoms with Crippen molar-refractivity contribution in [2.75, 3.05) is 20.3 Å². The van der Waals surface area contributed by atoms with Gasteiger partial charge >= 0.3 is 41.5 Å². The fourth-order valence-corrected chi connectivity index (χ4v) is 0.687. The monoisotopic (exact) mass is 506 g/mol. The average Bonchev–Trinajstić information content (AvgIpc) is 2.51. The molecule has 138 valence electrons. The standard InChI is InChI=1S/C7H11N3O3.C4H3N3O.CH4.BI.ClH.Na/c1-12-4-5-13-7(9)10-6(11)2-3-8;5-2-1-4(8)7-3-6;;1-2;;/h2,4-5H2,1H3,(H2,9,10,11);1H2,(H,7,8);1H4;;1H;/q;;;;;+1/p-1. The number of nitrogens with two attached hydrogens (primary N) is 1. The largest absolute Gasteiger partial charge is 1.00 e. The number of methoxy groups -OCH3 is 1. The second kappa shape index (κ2) is 35.1. The Hall–Kier alpha value is -1.08. The molecule has 0 heterocycles. The number of amidine groups is 1. The van der Waals surface area contributed by atoms with E-state index in [0.29, 0.717) is 6.61 Å². The van der Waals surface area contributed by atoms with Crippen LogP contribution in [-0.4, -0.2) is 43.9 Å². The quantitative estimate of drug-likeness (QED) is 0.0930. The molecule has 2 radical (unpaired) electrons. The van der Waals surface area contributed by atoms with E-state index < -0.39 is 11.8 Å². The van der Waals surface area contributed by atoms with Crippen LogP contribution in [-0.2, 0) is 19.1 Å². The number of hydrogen-bond donors (Lipinski definition) is 2. The molecule has 0 saturated carbocycles. The molecule has 0 fully saturated rings. The van der Waals surface area contributed by atoms with E-state index in [2.05, 4.69) is 21.1 Å². The predicted molar refractivity (Wildman–Crippen MR) is 93.8 cm³/mol. The number of halogens is 2. The van der Waals surface area contributed by atoms with Gasteiger partial charge in [-0.15, -0.1) is 0 Å². The Kier molecular flexibility index (Phi) is 53.8. The van der Waals surface area contributed by atoms with E-state index >= 15 is 0 Å². The molecule has 3 N–H and O–H groups in total. The van der Waals surface area contributed by atoms with E-state index in [4.69, 9.17) is 25.9 Å². The maximum Gasteiger partial charge on any atom is 1.00 e. The number of nitrogens with zero attached hydrogens (tertiary/aromatic N) is 4. The zero-order chi connectivity index (χ0) is 18.5. The summed E-state index contributed by atoms with van der Waals surface area (Å²) in [7, 11) is 1.52. The molecule has 0 aromatic carbocycles. The first-order valence-corrected chi connectivity index (χ1v) is 6.88. The molecular weight excluding hydrogens is 488 g/mol. The predicted octanol–water partition coefficient (Wildman–Crippen LogP) is -6.78. The van der Waals surface area contributed by atoms with Crippen molar-refractivity contribution in [1.29, 1.82) is 15.8 Å². The molecule has 0 spiro atoms. The van der Waals surface area contributed by atoms with Gasteiger partial charge in [-0.3, -0.25) is 10.2 Å². The topological polar surface area (TPSA) is 176 Å². The van der Waals surface area contributed by atoms with Gasteiger partial charge in [-0.05, 0) is 0 Å². The molecule has 10 nitrogen and oxygen atoms in total. The Morgan fingerprint density at radius 1 is 1.19 bits per heavy atom. The Labute approximate surface area is 196 Å². The second-order valence-corrected chi connectivity index (χ2v) is 3.03. The first kappa shape index (κ1) is 39.8. The van der Waals surface area contributed by atoms with Gasteiger partial charge in [0, 0.05) is 7.11 Å². The van der Waals surface area contributed by atoms with Gasteiger partial charge in [0.2, 0.25) is 0 Å². The third-order valence-electron chi connectivity index (χ3n) is 1.45. The van der Waals surface area contributed by atoms with Crippen molar-refractivity contribution in [3.63, 3.8) is 0 Å². The van der Waals surface area contributed by atoms with Gasteiger partial charge in [0.15, 0.2) is 11.6 Å². The number of nitrogens with one attached hydrogen (secondary N) is 1. The van der Waals surface area contributed by atoms with Gasteiger partial charge in [-0.1, -0.05) is 13.6 Å². The number of carbonyl (C=O) groups is 2. The molecule has 0 aliphatic rings. The van der Waals surface area contributed by atoms with Gasteiger partial charge in [-0.25, -0.2) is 4.79 Å². The summed E-state index contributed by atoms with van der Waals surface area (Å²) in [6.45, 7) is 0.643. The Morgan fingerprint density at radius 3 is 2.08 bits per heavy atom. The van der Waals surface area contributed by atoms with Gasteiger partial charge in [-0.2, -0.15) is 38.2 Å². The number of hydrogen-bond acceptors (Lipinski definition) is 7. The number of ether oxygens (including phenoxy) is 2. The number of rotatable bonds is 5. The molecule has 0 aromatic rings. The van der Waals surface area contributed by atoms with E-state index in [1.165, 1.54) is 13.3 Å². The van der Waals surface area contributed by atoms with E-state index in [1.807, 2.05) is 0 Å². The summed E-state index contributed by atoms with van der Waals surface area (Å²) in [6.07, 6.45) is 0.723. The van der Waals surface area contributed by atoms with Crippen LogP contribution >= 0.6 is 22.4 Å². The van der Waals surface area contributed by atoms with Gasteiger partial charge in [0.1, 0.15) is 13.0 Å². The van der Waals surface area contributed by atoms with Gasteiger partial charge < -0.3 is 32.5 Å². The Balaban J connectivity index is -0.0000000677. The van der Waals surface area contributed by atoms with Crippen molar-refractivity contribution >= 4 is 45.9 Å². The third kappa shape index (κ3) is 38.5. The molecule has 0 aromatic heterocycles. The van der Waals surface area contributed by atoms with Crippen molar-refractivity contribution in [2.45, 2.75) is 20.3 Å². The van der Waals surface area contributed by atoms with E-state index in [0.717, 1.165) is 0 Å². The number of amides is 2. The molecule has 14 heteroatoms. The van der Waals surface area contributed by atoms with Crippen LogP contribution < -0.4 is 52.7 Å². The van der Waals surface area contributed by atoms with Crippen molar-refractivity contribution in [3.8, 4) is 18.3 Å². The minimum atomic E-state index is -0.685. The molecule has 2 amide bonds. The van der Waals surface area contributed by atoms with Crippen LogP contribution in [0.25, 0.3) is 5.32 Å². The summed E-state index contributed by atoms with van der Waals surface area (Å²) < 4.78 is 9.51. The van der Waals surface area contributed by atoms with Gasteiger partial charge in [0.25, 0.3) is 0 Å². The minimum absolute atomic E-state index is 0. The molecule has 0 saturated heterocycles. The maximum absolute atomic E-state index is 10.7. The Bertz CT molecular complexity index is 478. The average molecular weight is 506 g/mol. The summed E-state index contributed by atoms with van der Waals surface area (Å²) in [5.74, 6) is -1.17. The zero-order valence-corrected chi connectivity index (χ0v) is 18.6. The maximum atomic E-state index is 10.7. The SMILES string of the molecule is C.COCCOC(=[NH2+])NC(=O)CC#N.N#CCC(=O)[N-]C#N.[B]I.[Cl-].[Na+]. The Morgan fingerprint density at radius 2 is 1.69 bits per heavy atom. The first-order valence-electron chi connectivity index (χ1n) is 5.64. The summed E-state index contributed by atoms with van der Waals surface area (Å²) in [5.41, 5.74) is 4.47. The molecule has 0 rings (SSSR count). The van der Waals surface area contributed by atoms with Crippen molar-refractivity contribution < 1.29 is 66.4 Å². The summed E-state index contributed by atoms with van der Waals surface area (Å²) in [5, 5.41) is 33.9. The molecular formula is C12H18BClIN6NaO4. The minimum Gasteiger partial charge on any atom is -1.00 e. The normalized spacial score (nSPS) is 6.42. The number of nitriles is 3. The summed E-state index contributed by atoms with van der Waals surface area (Å²) in [6, 6.07) is 3.12.